The summed E-state index contributed by atoms with van der Waals surface area (Å²) in [6, 6.07) is 2.20. The Kier molecular flexibility index (Phi) is 3.68. The van der Waals surface area contributed by atoms with E-state index in [0.717, 1.165) is 12.3 Å². The van der Waals surface area contributed by atoms with Gasteiger partial charge in [0, 0.05) is 6.04 Å². The van der Waals surface area contributed by atoms with Crippen LogP contribution in [0.25, 0.3) is 0 Å². The molecule has 2 saturated carbocycles. The number of nitrogens with one attached hydrogen (secondary N) is 1. The van der Waals surface area contributed by atoms with E-state index in [1.165, 1.54) is 43.1 Å². The van der Waals surface area contributed by atoms with E-state index in [1.807, 2.05) is 6.07 Å². The molecule has 0 unspecified atom stereocenters. The van der Waals surface area contributed by atoms with Crippen LogP contribution >= 0.6 is 0 Å². The second-order valence-corrected chi connectivity index (χ2v) is 5.85. The SMILES string of the molecule is N#Cc1ncn(CC(=O)N[C@@H]2C[C@H]2C2CCCCC2)n1. The molecule has 2 fully saturated rings. The van der Waals surface area contributed by atoms with Gasteiger partial charge in [0.15, 0.2) is 0 Å². The molecule has 1 aromatic heterocycles. The maximum Gasteiger partial charge on any atom is 0.252 e. The molecule has 0 bridgehead atoms. The van der Waals surface area contributed by atoms with Crippen LogP contribution in [-0.2, 0) is 11.3 Å². The lowest BCUT2D eigenvalue weighted by atomic mass is 9.85. The van der Waals surface area contributed by atoms with Gasteiger partial charge in [-0.2, -0.15) is 5.26 Å². The number of nitriles is 1. The number of amides is 1. The van der Waals surface area contributed by atoms with Crippen molar-refractivity contribution in [1.82, 2.24) is 20.1 Å². The molecule has 1 amide bonds. The fraction of sp³-hybridized carbons (Fsp3) is 0.714. The Bertz CT molecular complexity index is 526. The van der Waals surface area contributed by atoms with Gasteiger partial charge in [-0.25, -0.2) is 9.67 Å². The van der Waals surface area contributed by atoms with Crippen molar-refractivity contribution in [1.29, 1.82) is 5.26 Å². The van der Waals surface area contributed by atoms with E-state index in [1.54, 1.807) is 0 Å². The second-order valence-electron chi connectivity index (χ2n) is 5.85. The van der Waals surface area contributed by atoms with Crippen LogP contribution in [0.1, 0.15) is 44.3 Å². The van der Waals surface area contributed by atoms with Gasteiger partial charge in [0.05, 0.1) is 0 Å². The third kappa shape index (κ3) is 2.98. The minimum absolute atomic E-state index is 0.0392. The lowest BCUT2D eigenvalue weighted by Crippen LogP contribution is -2.31. The molecular formula is C14H19N5O. The molecule has 6 heteroatoms. The first-order valence-electron chi connectivity index (χ1n) is 7.35. The molecule has 1 aromatic rings. The van der Waals surface area contributed by atoms with E-state index in [-0.39, 0.29) is 18.3 Å². The molecule has 1 N–H and O–H groups in total. The molecule has 6 nitrogen and oxygen atoms in total. The Morgan fingerprint density at radius 3 is 2.95 bits per heavy atom. The predicted octanol–water partition coefficient (Wildman–Crippen LogP) is 1.23. The Hall–Kier alpha value is -1.90. The van der Waals surface area contributed by atoms with E-state index in [4.69, 9.17) is 5.26 Å². The van der Waals surface area contributed by atoms with Crippen LogP contribution in [0.2, 0.25) is 0 Å². The average Bonchev–Trinajstić information content (AvgIpc) is 3.07. The maximum atomic E-state index is 11.9. The molecule has 2 aliphatic carbocycles. The number of carbonyl (C=O) groups excluding carboxylic acids is 1. The van der Waals surface area contributed by atoms with Crippen molar-refractivity contribution in [3.63, 3.8) is 0 Å². The number of carbonyl (C=O) groups is 1. The van der Waals surface area contributed by atoms with Crippen LogP contribution in [0.3, 0.4) is 0 Å². The number of nitrogens with zero attached hydrogens (tertiary/aromatic N) is 4. The van der Waals surface area contributed by atoms with Crippen LogP contribution in [-0.4, -0.2) is 26.7 Å². The lowest BCUT2D eigenvalue weighted by Gasteiger charge is -2.21. The minimum Gasteiger partial charge on any atom is -0.351 e. The fourth-order valence-corrected chi connectivity index (χ4v) is 3.29. The Labute approximate surface area is 118 Å². The van der Waals surface area contributed by atoms with Crippen LogP contribution in [0.15, 0.2) is 6.33 Å². The summed E-state index contributed by atoms with van der Waals surface area (Å²) in [7, 11) is 0. The molecule has 106 valence electrons. The number of hydrogen-bond donors (Lipinski definition) is 1. The van der Waals surface area contributed by atoms with Gasteiger partial charge in [0.25, 0.3) is 5.82 Å². The molecular weight excluding hydrogens is 254 g/mol. The Morgan fingerprint density at radius 1 is 1.45 bits per heavy atom. The molecule has 0 saturated heterocycles. The number of hydrogen-bond acceptors (Lipinski definition) is 4. The molecule has 0 aliphatic heterocycles. The van der Waals surface area contributed by atoms with Gasteiger partial charge in [-0.05, 0) is 18.3 Å². The molecule has 0 radical (unpaired) electrons. The Balaban J connectivity index is 1.45. The van der Waals surface area contributed by atoms with E-state index in [2.05, 4.69) is 15.4 Å². The summed E-state index contributed by atoms with van der Waals surface area (Å²) in [6.45, 7) is 0.141. The van der Waals surface area contributed by atoms with Gasteiger partial charge in [0.2, 0.25) is 5.91 Å². The Morgan fingerprint density at radius 2 is 2.25 bits per heavy atom. The zero-order valence-electron chi connectivity index (χ0n) is 11.5. The van der Waals surface area contributed by atoms with Gasteiger partial charge in [-0.1, -0.05) is 32.1 Å². The summed E-state index contributed by atoms with van der Waals surface area (Å²) < 4.78 is 1.41. The topological polar surface area (TPSA) is 83.6 Å². The van der Waals surface area contributed by atoms with Crippen molar-refractivity contribution in [2.45, 2.75) is 51.1 Å². The average molecular weight is 273 g/mol. The molecule has 0 aromatic carbocycles. The van der Waals surface area contributed by atoms with Crippen molar-refractivity contribution >= 4 is 5.91 Å². The van der Waals surface area contributed by atoms with Gasteiger partial charge < -0.3 is 5.32 Å². The zero-order valence-corrected chi connectivity index (χ0v) is 11.5. The van der Waals surface area contributed by atoms with Crippen molar-refractivity contribution in [2.24, 2.45) is 11.8 Å². The van der Waals surface area contributed by atoms with Crippen molar-refractivity contribution in [3.05, 3.63) is 12.2 Å². The molecule has 3 rings (SSSR count). The first kappa shape index (κ1) is 13.1. The standard InChI is InChI=1S/C14H19N5O/c15-7-13-16-9-19(18-13)8-14(20)17-12-6-11(12)10-4-2-1-3-5-10/h9-12H,1-6,8H2,(H,17,20)/t11-,12+/m0/s1. The first-order chi connectivity index (χ1) is 9.76. The van der Waals surface area contributed by atoms with Crippen LogP contribution in [0.4, 0.5) is 0 Å². The zero-order chi connectivity index (χ0) is 13.9. The third-order valence-electron chi connectivity index (χ3n) is 4.38. The largest absolute Gasteiger partial charge is 0.351 e. The third-order valence-corrected chi connectivity index (χ3v) is 4.38. The van der Waals surface area contributed by atoms with Gasteiger partial charge in [-0.3, -0.25) is 4.79 Å². The summed E-state index contributed by atoms with van der Waals surface area (Å²) in [5, 5.41) is 15.6. The second kappa shape index (κ2) is 5.61. The van der Waals surface area contributed by atoms with Crippen LogP contribution in [0, 0.1) is 23.2 Å². The van der Waals surface area contributed by atoms with Gasteiger partial charge >= 0.3 is 0 Å². The quantitative estimate of drug-likeness (QED) is 0.894. The summed E-state index contributed by atoms with van der Waals surface area (Å²) in [4.78, 5) is 15.7. The van der Waals surface area contributed by atoms with Gasteiger partial charge in [-0.15, -0.1) is 5.10 Å². The predicted molar refractivity (Wildman–Crippen MR) is 71.3 cm³/mol. The summed E-state index contributed by atoms with van der Waals surface area (Å²) in [6.07, 6.45) is 9.25. The number of aromatic nitrogens is 3. The molecule has 20 heavy (non-hydrogen) atoms. The summed E-state index contributed by atoms with van der Waals surface area (Å²) in [5.74, 6) is 1.56. The highest BCUT2D eigenvalue weighted by molar-refractivity contribution is 5.76. The first-order valence-corrected chi connectivity index (χ1v) is 7.35. The summed E-state index contributed by atoms with van der Waals surface area (Å²) in [5.41, 5.74) is 0. The fourth-order valence-electron chi connectivity index (χ4n) is 3.29. The highest BCUT2D eigenvalue weighted by atomic mass is 16.2. The highest BCUT2D eigenvalue weighted by Gasteiger charge is 2.43. The number of rotatable bonds is 4. The monoisotopic (exact) mass is 273 g/mol. The van der Waals surface area contributed by atoms with Crippen LogP contribution in [0.5, 0.6) is 0 Å². The normalized spacial score (nSPS) is 25.9. The van der Waals surface area contributed by atoms with E-state index < -0.39 is 0 Å². The summed E-state index contributed by atoms with van der Waals surface area (Å²) >= 11 is 0. The minimum atomic E-state index is -0.0392. The lowest BCUT2D eigenvalue weighted by molar-refractivity contribution is -0.122. The van der Waals surface area contributed by atoms with Gasteiger partial charge in [0.1, 0.15) is 18.9 Å². The van der Waals surface area contributed by atoms with E-state index in [0.29, 0.717) is 12.0 Å². The van der Waals surface area contributed by atoms with E-state index >= 15 is 0 Å². The van der Waals surface area contributed by atoms with Crippen molar-refractivity contribution in [3.8, 4) is 6.07 Å². The molecule has 0 spiro atoms. The van der Waals surface area contributed by atoms with Crippen LogP contribution < -0.4 is 5.32 Å². The van der Waals surface area contributed by atoms with Crippen molar-refractivity contribution < 1.29 is 4.79 Å². The van der Waals surface area contributed by atoms with Crippen molar-refractivity contribution in [2.75, 3.05) is 0 Å². The van der Waals surface area contributed by atoms with E-state index in [9.17, 15) is 4.79 Å². The molecule has 2 atom stereocenters. The molecule has 1 heterocycles. The highest BCUT2D eigenvalue weighted by Crippen LogP contribution is 2.44. The smallest absolute Gasteiger partial charge is 0.252 e. The maximum absolute atomic E-state index is 11.9. The molecule has 2 aliphatic rings.